The quantitative estimate of drug-likeness (QED) is 0.526. The predicted octanol–water partition coefficient (Wildman–Crippen LogP) is 2.57. The van der Waals surface area contributed by atoms with E-state index in [9.17, 15) is 14.7 Å². The summed E-state index contributed by atoms with van der Waals surface area (Å²) in [7, 11) is 2.63. The van der Waals surface area contributed by atoms with Gasteiger partial charge in [0.25, 0.3) is 5.91 Å². The van der Waals surface area contributed by atoms with Gasteiger partial charge in [-0.2, -0.15) is 0 Å². The van der Waals surface area contributed by atoms with Gasteiger partial charge in [-0.25, -0.2) is 4.79 Å². The molecule has 0 spiro atoms. The van der Waals surface area contributed by atoms with Gasteiger partial charge in [-0.15, -0.1) is 0 Å². The van der Waals surface area contributed by atoms with Crippen molar-refractivity contribution in [3.05, 3.63) is 45.6 Å². The fourth-order valence-electron chi connectivity index (χ4n) is 1.38. The molecule has 1 aromatic carbocycles. The number of ether oxygens (including phenoxy) is 1. The zero-order chi connectivity index (χ0) is 15.3. The lowest BCUT2D eigenvalue weighted by molar-refractivity contribution is -0.139. The molecule has 0 aliphatic rings. The molecule has 1 rings (SSSR count). The maximum atomic E-state index is 11.8. The van der Waals surface area contributed by atoms with Gasteiger partial charge in [0.05, 0.1) is 23.2 Å². The molecule has 1 N–H and O–H groups in total. The third kappa shape index (κ3) is 4.43. The van der Waals surface area contributed by atoms with E-state index in [0.717, 1.165) is 18.7 Å². The number of hydrogen-bond acceptors (Lipinski definition) is 4. The molecular weight excluding hydrogens is 305 g/mol. The lowest BCUT2D eigenvalue weighted by Gasteiger charge is -2.15. The van der Waals surface area contributed by atoms with E-state index in [1.165, 1.54) is 11.9 Å². The molecule has 0 bridgehead atoms. The second kappa shape index (κ2) is 7.17. The second-order valence-electron chi connectivity index (χ2n) is 3.96. The summed E-state index contributed by atoms with van der Waals surface area (Å²) in [6.45, 7) is 0.251. The molecule has 0 saturated carbocycles. The smallest absolute Gasteiger partial charge is 0.373 e. The van der Waals surface area contributed by atoms with Crippen molar-refractivity contribution >= 4 is 35.1 Å². The molecule has 1 aromatic rings. The van der Waals surface area contributed by atoms with Crippen LogP contribution in [0.5, 0.6) is 0 Å². The zero-order valence-corrected chi connectivity index (χ0v) is 12.4. The number of halogens is 2. The summed E-state index contributed by atoms with van der Waals surface area (Å²) in [6.07, 6.45) is 0.795. The van der Waals surface area contributed by atoms with Gasteiger partial charge in [0.1, 0.15) is 0 Å². The van der Waals surface area contributed by atoms with Gasteiger partial charge in [-0.05, 0) is 17.7 Å². The number of hydrogen-bond donors (Lipinski definition) is 1. The highest BCUT2D eigenvalue weighted by molar-refractivity contribution is 6.42. The zero-order valence-electron chi connectivity index (χ0n) is 10.9. The van der Waals surface area contributed by atoms with E-state index in [0.29, 0.717) is 10.0 Å². The molecule has 0 fully saturated rings. The van der Waals surface area contributed by atoms with Crippen LogP contribution in [0.2, 0.25) is 10.0 Å². The maximum Gasteiger partial charge on any atom is 0.373 e. The van der Waals surface area contributed by atoms with E-state index >= 15 is 0 Å². The van der Waals surface area contributed by atoms with E-state index in [1.54, 1.807) is 18.2 Å². The highest BCUT2D eigenvalue weighted by Gasteiger charge is 2.13. The van der Waals surface area contributed by atoms with Crippen LogP contribution in [0.25, 0.3) is 0 Å². The molecular formula is C13H13Cl2NO4. The number of benzene rings is 1. The molecule has 0 aromatic heterocycles. The van der Waals surface area contributed by atoms with Crippen molar-refractivity contribution in [3.63, 3.8) is 0 Å². The van der Waals surface area contributed by atoms with Crippen LogP contribution in [-0.2, 0) is 20.9 Å². The molecule has 0 saturated heterocycles. The monoisotopic (exact) mass is 317 g/mol. The van der Waals surface area contributed by atoms with Crippen LogP contribution in [-0.4, -0.2) is 36.0 Å². The largest absolute Gasteiger partial charge is 0.502 e. The molecule has 0 radical (unpaired) electrons. The Morgan fingerprint density at radius 2 is 2.00 bits per heavy atom. The number of esters is 1. The average molecular weight is 318 g/mol. The number of nitrogens with zero attached hydrogens (tertiary/aromatic N) is 1. The van der Waals surface area contributed by atoms with Crippen LogP contribution in [0.1, 0.15) is 5.56 Å². The highest BCUT2D eigenvalue weighted by atomic mass is 35.5. The summed E-state index contributed by atoms with van der Waals surface area (Å²) in [5.41, 5.74) is 0.765. The Morgan fingerprint density at radius 3 is 2.55 bits per heavy atom. The third-order valence-electron chi connectivity index (χ3n) is 2.43. The van der Waals surface area contributed by atoms with Gasteiger partial charge in [-0.3, -0.25) is 4.79 Å². The van der Waals surface area contributed by atoms with Crippen molar-refractivity contribution in [2.75, 3.05) is 14.2 Å². The Kier molecular flexibility index (Phi) is 5.85. The molecule has 108 valence electrons. The van der Waals surface area contributed by atoms with Gasteiger partial charge in [0.15, 0.2) is 0 Å². The topological polar surface area (TPSA) is 66.8 Å². The Hall–Kier alpha value is -1.72. The number of methoxy groups -OCH3 is 1. The maximum absolute atomic E-state index is 11.8. The van der Waals surface area contributed by atoms with Crippen LogP contribution in [0.4, 0.5) is 0 Å². The normalized spacial score (nSPS) is 11.1. The van der Waals surface area contributed by atoms with Gasteiger partial charge >= 0.3 is 5.97 Å². The minimum atomic E-state index is -0.971. The van der Waals surface area contributed by atoms with E-state index in [-0.39, 0.29) is 6.54 Å². The number of amides is 1. The van der Waals surface area contributed by atoms with Crippen molar-refractivity contribution in [2.24, 2.45) is 0 Å². The summed E-state index contributed by atoms with van der Waals surface area (Å²) in [5, 5.41) is 10.1. The summed E-state index contributed by atoms with van der Waals surface area (Å²) in [6, 6.07) is 4.98. The first-order valence-electron chi connectivity index (χ1n) is 5.53. The number of aliphatic hydroxyl groups is 1. The van der Waals surface area contributed by atoms with E-state index in [2.05, 4.69) is 4.74 Å². The van der Waals surface area contributed by atoms with Crippen LogP contribution in [0.15, 0.2) is 30.0 Å². The Labute approximate surface area is 126 Å². The van der Waals surface area contributed by atoms with Crippen molar-refractivity contribution < 1.29 is 19.4 Å². The van der Waals surface area contributed by atoms with Gasteiger partial charge in [0, 0.05) is 13.6 Å². The van der Waals surface area contributed by atoms with Crippen LogP contribution < -0.4 is 0 Å². The Morgan fingerprint density at radius 1 is 1.35 bits per heavy atom. The number of aliphatic hydroxyl groups excluding tert-OH is 1. The molecule has 0 unspecified atom stereocenters. The van der Waals surface area contributed by atoms with E-state index in [4.69, 9.17) is 23.2 Å². The van der Waals surface area contributed by atoms with Crippen molar-refractivity contribution in [3.8, 4) is 0 Å². The molecule has 20 heavy (non-hydrogen) atoms. The van der Waals surface area contributed by atoms with Crippen molar-refractivity contribution in [2.45, 2.75) is 6.54 Å². The first-order valence-corrected chi connectivity index (χ1v) is 6.28. The summed E-state index contributed by atoms with van der Waals surface area (Å²) >= 11 is 11.7. The van der Waals surface area contributed by atoms with Gasteiger partial charge < -0.3 is 14.7 Å². The standard InChI is InChI=1S/C13H13Cl2NO4/c1-16(12(18)6-11(17)13(19)20-2)7-8-3-4-9(14)10(15)5-8/h3-6,17H,7H2,1-2H3/b11-6-. The number of carbonyl (C=O) groups is 2. The molecule has 0 atom stereocenters. The molecule has 0 heterocycles. The number of carbonyl (C=O) groups excluding carboxylic acids is 2. The fraction of sp³-hybridized carbons (Fsp3) is 0.231. The molecule has 5 nitrogen and oxygen atoms in total. The average Bonchev–Trinajstić information content (AvgIpc) is 2.41. The highest BCUT2D eigenvalue weighted by Crippen LogP contribution is 2.23. The second-order valence-corrected chi connectivity index (χ2v) is 4.78. The van der Waals surface area contributed by atoms with Gasteiger partial charge in [-0.1, -0.05) is 29.3 Å². The van der Waals surface area contributed by atoms with Crippen molar-refractivity contribution in [1.82, 2.24) is 4.90 Å². The van der Waals surface area contributed by atoms with E-state index in [1.807, 2.05) is 0 Å². The lowest BCUT2D eigenvalue weighted by atomic mass is 10.2. The summed E-state index contributed by atoms with van der Waals surface area (Å²) in [5.74, 6) is -2.27. The fourth-order valence-corrected chi connectivity index (χ4v) is 1.70. The number of rotatable bonds is 4. The minimum Gasteiger partial charge on any atom is -0.502 e. The third-order valence-corrected chi connectivity index (χ3v) is 3.17. The molecule has 0 aliphatic heterocycles. The first kappa shape index (κ1) is 16.3. The van der Waals surface area contributed by atoms with E-state index < -0.39 is 17.6 Å². The lowest BCUT2D eigenvalue weighted by Crippen LogP contribution is -2.25. The minimum absolute atomic E-state index is 0.251. The molecule has 0 aliphatic carbocycles. The van der Waals surface area contributed by atoms with Crippen molar-refractivity contribution in [1.29, 1.82) is 0 Å². The SMILES string of the molecule is COC(=O)/C(O)=C/C(=O)N(C)Cc1ccc(Cl)c(Cl)c1. The number of likely N-dealkylation sites (N-methyl/N-ethyl adjacent to an activating group) is 1. The van der Waals surface area contributed by atoms with Crippen LogP contribution in [0.3, 0.4) is 0 Å². The van der Waals surface area contributed by atoms with Gasteiger partial charge in [0.2, 0.25) is 5.76 Å². The Balaban J connectivity index is 2.75. The Bertz CT molecular complexity index is 557. The predicted molar refractivity (Wildman–Crippen MR) is 75.7 cm³/mol. The molecule has 1 amide bonds. The molecule has 7 heteroatoms. The summed E-state index contributed by atoms with van der Waals surface area (Å²) in [4.78, 5) is 24.0. The van der Waals surface area contributed by atoms with Crippen LogP contribution >= 0.6 is 23.2 Å². The van der Waals surface area contributed by atoms with Crippen LogP contribution in [0, 0.1) is 0 Å². The first-order chi connectivity index (χ1) is 9.35. The summed E-state index contributed by atoms with van der Waals surface area (Å²) < 4.78 is 4.28.